The van der Waals surface area contributed by atoms with Crippen LogP contribution >= 0.6 is 0 Å². The molecule has 2 amide bonds. The SMILES string of the molecule is CC(=O)Nc1ccc(NC(=O)c2ccc(-c3nnc(-c4cccc(C)c4)o3)cc2)cc1. The van der Waals surface area contributed by atoms with E-state index in [1.807, 2.05) is 31.2 Å². The van der Waals surface area contributed by atoms with Crippen LogP contribution in [0.5, 0.6) is 0 Å². The molecule has 0 aliphatic heterocycles. The number of carbonyl (C=O) groups is 2. The molecule has 1 aromatic heterocycles. The summed E-state index contributed by atoms with van der Waals surface area (Å²) < 4.78 is 5.79. The summed E-state index contributed by atoms with van der Waals surface area (Å²) in [6.07, 6.45) is 0. The van der Waals surface area contributed by atoms with Gasteiger partial charge in [0.15, 0.2) is 0 Å². The Hall–Kier alpha value is -4.26. The van der Waals surface area contributed by atoms with Crippen LogP contribution in [0.1, 0.15) is 22.8 Å². The molecule has 4 aromatic rings. The highest BCUT2D eigenvalue weighted by Gasteiger charge is 2.12. The van der Waals surface area contributed by atoms with Crippen LogP contribution in [0.4, 0.5) is 11.4 Å². The third-order valence-corrected chi connectivity index (χ3v) is 4.55. The second-order valence-electron chi connectivity index (χ2n) is 7.07. The van der Waals surface area contributed by atoms with Crippen LogP contribution in [0.25, 0.3) is 22.9 Å². The van der Waals surface area contributed by atoms with E-state index in [1.165, 1.54) is 6.92 Å². The Balaban J connectivity index is 1.44. The van der Waals surface area contributed by atoms with Crippen molar-refractivity contribution in [3.63, 3.8) is 0 Å². The molecule has 0 atom stereocenters. The number of carbonyl (C=O) groups excluding carboxylic acids is 2. The topological polar surface area (TPSA) is 97.1 Å². The van der Waals surface area contributed by atoms with Crippen molar-refractivity contribution in [1.29, 1.82) is 0 Å². The van der Waals surface area contributed by atoms with E-state index in [4.69, 9.17) is 4.42 Å². The lowest BCUT2D eigenvalue weighted by Gasteiger charge is -2.07. The quantitative estimate of drug-likeness (QED) is 0.485. The first-order chi connectivity index (χ1) is 15.0. The Kier molecular flexibility index (Phi) is 5.57. The maximum Gasteiger partial charge on any atom is 0.255 e. The summed E-state index contributed by atoms with van der Waals surface area (Å²) in [5.41, 5.74) is 4.48. The van der Waals surface area contributed by atoms with Gasteiger partial charge in [0.05, 0.1) is 0 Å². The number of aromatic nitrogens is 2. The van der Waals surface area contributed by atoms with Crippen LogP contribution in [0.15, 0.2) is 77.2 Å². The van der Waals surface area contributed by atoms with Gasteiger partial charge >= 0.3 is 0 Å². The van der Waals surface area contributed by atoms with Gasteiger partial charge in [-0.2, -0.15) is 0 Å². The molecule has 7 heteroatoms. The molecule has 0 fully saturated rings. The van der Waals surface area contributed by atoms with Crippen molar-refractivity contribution in [1.82, 2.24) is 10.2 Å². The van der Waals surface area contributed by atoms with Crippen molar-refractivity contribution < 1.29 is 14.0 Å². The fraction of sp³-hybridized carbons (Fsp3) is 0.0833. The Morgan fingerprint density at radius 2 is 1.39 bits per heavy atom. The van der Waals surface area contributed by atoms with Gasteiger partial charge in [-0.3, -0.25) is 9.59 Å². The molecule has 0 unspecified atom stereocenters. The molecule has 0 aliphatic carbocycles. The molecular weight excluding hydrogens is 392 g/mol. The van der Waals surface area contributed by atoms with Crippen LogP contribution in [0, 0.1) is 6.92 Å². The third-order valence-electron chi connectivity index (χ3n) is 4.55. The van der Waals surface area contributed by atoms with Crippen molar-refractivity contribution in [2.45, 2.75) is 13.8 Å². The van der Waals surface area contributed by atoms with Gasteiger partial charge < -0.3 is 15.1 Å². The van der Waals surface area contributed by atoms with Gasteiger partial charge in [-0.25, -0.2) is 0 Å². The zero-order valence-corrected chi connectivity index (χ0v) is 17.0. The van der Waals surface area contributed by atoms with E-state index in [2.05, 4.69) is 20.8 Å². The Labute approximate surface area is 179 Å². The lowest BCUT2D eigenvalue weighted by Crippen LogP contribution is -2.12. The van der Waals surface area contributed by atoms with E-state index in [0.29, 0.717) is 28.7 Å². The van der Waals surface area contributed by atoms with Crippen molar-refractivity contribution in [2.24, 2.45) is 0 Å². The van der Waals surface area contributed by atoms with Gasteiger partial charge in [0, 0.05) is 35.0 Å². The van der Waals surface area contributed by atoms with E-state index >= 15 is 0 Å². The molecule has 0 bridgehead atoms. The summed E-state index contributed by atoms with van der Waals surface area (Å²) in [5.74, 6) is 0.439. The zero-order valence-electron chi connectivity index (χ0n) is 17.0. The monoisotopic (exact) mass is 412 g/mol. The molecule has 0 saturated carbocycles. The predicted molar refractivity (Wildman–Crippen MR) is 119 cm³/mol. The van der Waals surface area contributed by atoms with Gasteiger partial charge in [0.2, 0.25) is 17.7 Å². The largest absolute Gasteiger partial charge is 0.416 e. The van der Waals surface area contributed by atoms with Crippen LogP contribution in [-0.2, 0) is 4.79 Å². The van der Waals surface area contributed by atoms with Crippen molar-refractivity contribution >= 4 is 23.2 Å². The molecule has 3 aromatic carbocycles. The van der Waals surface area contributed by atoms with Crippen LogP contribution < -0.4 is 10.6 Å². The summed E-state index contributed by atoms with van der Waals surface area (Å²) >= 11 is 0. The van der Waals surface area contributed by atoms with E-state index < -0.39 is 0 Å². The zero-order chi connectivity index (χ0) is 21.8. The number of aryl methyl sites for hydroxylation is 1. The normalized spacial score (nSPS) is 10.5. The number of hydrogen-bond acceptors (Lipinski definition) is 5. The second-order valence-corrected chi connectivity index (χ2v) is 7.07. The molecule has 0 radical (unpaired) electrons. The summed E-state index contributed by atoms with van der Waals surface area (Å²) in [6, 6.07) is 21.7. The van der Waals surface area contributed by atoms with Crippen LogP contribution in [0.2, 0.25) is 0 Å². The molecule has 154 valence electrons. The molecule has 0 saturated heterocycles. The number of hydrogen-bond donors (Lipinski definition) is 2. The lowest BCUT2D eigenvalue weighted by molar-refractivity contribution is -0.114. The fourth-order valence-electron chi connectivity index (χ4n) is 3.04. The number of anilines is 2. The van der Waals surface area contributed by atoms with E-state index in [1.54, 1.807) is 48.5 Å². The van der Waals surface area contributed by atoms with Crippen molar-refractivity contribution in [3.8, 4) is 22.9 Å². The Morgan fingerprint density at radius 3 is 2.00 bits per heavy atom. The number of rotatable bonds is 5. The van der Waals surface area contributed by atoms with Crippen molar-refractivity contribution in [3.05, 3.63) is 83.9 Å². The van der Waals surface area contributed by atoms with Gasteiger partial charge in [0.25, 0.3) is 5.91 Å². The summed E-state index contributed by atoms with van der Waals surface area (Å²) in [6.45, 7) is 3.44. The van der Waals surface area contributed by atoms with E-state index in [0.717, 1.165) is 16.7 Å². The predicted octanol–water partition coefficient (Wildman–Crippen LogP) is 4.92. The number of amides is 2. The number of nitrogens with zero attached hydrogens (tertiary/aromatic N) is 2. The molecule has 4 rings (SSSR count). The van der Waals surface area contributed by atoms with Crippen molar-refractivity contribution in [2.75, 3.05) is 10.6 Å². The van der Waals surface area contributed by atoms with Crippen LogP contribution in [0.3, 0.4) is 0 Å². The molecule has 2 N–H and O–H groups in total. The Morgan fingerprint density at radius 1 is 0.774 bits per heavy atom. The first-order valence-electron chi connectivity index (χ1n) is 9.68. The third kappa shape index (κ3) is 4.84. The molecule has 0 aliphatic rings. The standard InChI is InChI=1S/C24H20N4O3/c1-15-4-3-5-19(14-15)24-28-27-23(31-24)18-8-6-17(7-9-18)22(30)26-21-12-10-20(11-13-21)25-16(2)29/h3-14H,1-2H3,(H,25,29)(H,26,30). The maximum absolute atomic E-state index is 12.5. The number of benzene rings is 3. The first kappa shape index (κ1) is 20.0. The van der Waals surface area contributed by atoms with E-state index in [-0.39, 0.29) is 11.8 Å². The average Bonchev–Trinajstić information content (AvgIpc) is 3.25. The lowest BCUT2D eigenvalue weighted by atomic mass is 10.1. The van der Waals surface area contributed by atoms with Gasteiger partial charge in [-0.1, -0.05) is 17.7 Å². The molecule has 31 heavy (non-hydrogen) atoms. The van der Waals surface area contributed by atoms with E-state index in [9.17, 15) is 9.59 Å². The molecule has 1 heterocycles. The molecule has 0 spiro atoms. The maximum atomic E-state index is 12.5. The summed E-state index contributed by atoms with van der Waals surface area (Å²) in [7, 11) is 0. The van der Waals surface area contributed by atoms with Gasteiger partial charge in [-0.05, 0) is 67.6 Å². The molecule has 7 nitrogen and oxygen atoms in total. The van der Waals surface area contributed by atoms with Gasteiger partial charge in [0.1, 0.15) is 0 Å². The highest BCUT2D eigenvalue weighted by Crippen LogP contribution is 2.25. The average molecular weight is 412 g/mol. The van der Waals surface area contributed by atoms with Crippen LogP contribution in [-0.4, -0.2) is 22.0 Å². The smallest absolute Gasteiger partial charge is 0.255 e. The summed E-state index contributed by atoms with van der Waals surface area (Å²) in [5, 5.41) is 13.7. The first-order valence-corrected chi connectivity index (χ1v) is 9.68. The molecular formula is C24H20N4O3. The number of nitrogens with one attached hydrogen (secondary N) is 2. The minimum Gasteiger partial charge on any atom is -0.416 e. The Bertz CT molecular complexity index is 1230. The highest BCUT2D eigenvalue weighted by atomic mass is 16.4. The minimum atomic E-state index is -0.246. The fourth-order valence-corrected chi connectivity index (χ4v) is 3.04. The second kappa shape index (κ2) is 8.62. The summed E-state index contributed by atoms with van der Waals surface area (Å²) in [4.78, 5) is 23.6. The minimum absolute atomic E-state index is 0.149. The van der Waals surface area contributed by atoms with Gasteiger partial charge in [-0.15, -0.1) is 10.2 Å². The highest BCUT2D eigenvalue weighted by molar-refractivity contribution is 6.04.